The number of ether oxygens (including phenoxy) is 1. The van der Waals surface area contributed by atoms with Crippen molar-refractivity contribution in [2.45, 2.75) is 13.8 Å². The third-order valence-corrected chi connectivity index (χ3v) is 3.79. The van der Waals surface area contributed by atoms with Crippen LogP contribution in [-0.2, 0) is 0 Å². The average Bonchev–Trinajstić information content (AvgIpc) is 2.47. The molecular formula is C16H14BrN3O2. The smallest absolute Gasteiger partial charge is 0.289 e. The molecule has 0 N–H and O–H groups in total. The van der Waals surface area contributed by atoms with Crippen LogP contribution in [0.1, 0.15) is 22.4 Å². The van der Waals surface area contributed by atoms with Crippen molar-refractivity contribution in [1.82, 2.24) is 4.68 Å². The minimum absolute atomic E-state index is 0.110. The monoisotopic (exact) mass is 359 g/mol. The van der Waals surface area contributed by atoms with Gasteiger partial charge in [-0.3, -0.25) is 4.79 Å². The van der Waals surface area contributed by atoms with Gasteiger partial charge in [0.25, 0.3) is 5.56 Å². The minimum Gasteiger partial charge on any atom is -0.496 e. The molecule has 0 saturated carbocycles. The maximum atomic E-state index is 12.2. The van der Waals surface area contributed by atoms with E-state index >= 15 is 0 Å². The highest BCUT2D eigenvalue weighted by atomic mass is 79.9. The van der Waals surface area contributed by atoms with Crippen molar-refractivity contribution < 1.29 is 4.74 Å². The summed E-state index contributed by atoms with van der Waals surface area (Å²) >= 11 is 3.40. The molecule has 0 radical (unpaired) electrons. The maximum absolute atomic E-state index is 12.2. The molecule has 0 aliphatic carbocycles. The number of aromatic nitrogens is 1. The number of benzene rings is 1. The number of nitriles is 1. The van der Waals surface area contributed by atoms with Gasteiger partial charge in [0, 0.05) is 5.69 Å². The van der Waals surface area contributed by atoms with Gasteiger partial charge < -0.3 is 4.74 Å². The van der Waals surface area contributed by atoms with Crippen molar-refractivity contribution >= 4 is 22.1 Å². The minimum atomic E-state index is -0.413. The zero-order valence-electron chi connectivity index (χ0n) is 12.4. The van der Waals surface area contributed by atoms with Crippen LogP contribution in [0.2, 0.25) is 0 Å². The van der Waals surface area contributed by atoms with Crippen LogP contribution in [0.25, 0.3) is 0 Å². The second kappa shape index (κ2) is 6.58. The summed E-state index contributed by atoms with van der Waals surface area (Å²) in [4.78, 5) is 12.2. The first-order valence-electron chi connectivity index (χ1n) is 6.49. The zero-order valence-corrected chi connectivity index (χ0v) is 14.0. The summed E-state index contributed by atoms with van der Waals surface area (Å²) in [6.07, 6.45) is 1.56. The quantitative estimate of drug-likeness (QED) is 0.791. The van der Waals surface area contributed by atoms with Crippen LogP contribution in [0.15, 0.2) is 38.6 Å². The lowest BCUT2D eigenvalue weighted by Gasteiger charge is -2.07. The predicted molar refractivity (Wildman–Crippen MR) is 88.6 cm³/mol. The van der Waals surface area contributed by atoms with E-state index < -0.39 is 5.56 Å². The lowest BCUT2D eigenvalue weighted by Crippen LogP contribution is -2.22. The number of halogens is 1. The molecule has 0 aliphatic heterocycles. The van der Waals surface area contributed by atoms with Crippen LogP contribution in [0.4, 0.5) is 0 Å². The Morgan fingerprint density at radius 1 is 1.36 bits per heavy atom. The summed E-state index contributed by atoms with van der Waals surface area (Å²) < 4.78 is 7.18. The largest absolute Gasteiger partial charge is 0.496 e. The Labute approximate surface area is 136 Å². The molecule has 0 unspecified atom stereocenters. The molecule has 5 nitrogen and oxygen atoms in total. The summed E-state index contributed by atoms with van der Waals surface area (Å²) in [5.41, 5.74) is 1.83. The number of rotatable bonds is 3. The molecule has 22 heavy (non-hydrogen) atoms. The van der Waals surface area contributed by atoms with Crippen LogP contribution in [-0.4, -0.2) is 18.0 Å². The van der Waals surface area contributed by atoms with E-state index in [9.17, 15) is 4.79 Å². The zero-order chi connectivity index (χ0) is 16.3. The molecule has 0 aliphatic rings. The summed E-state index contributed by atoms with van der Waals surface area (Å²) in [6, 6.07) is 9.15. The van der Waals surface area contributed by atoms with Gasteiger partial charge in [-0.25, -0.2) is 4.68 Å². The Kier molecular flexibility index (Phi) is 4.78. The van der Waals surface area contributed by atoms with E-state index in [1.165, 1.54) is 4.68 Å². The van der Waals surface area contributed by atoms with Crippen LogP contribution >= 0.6 is 15.9 Å². The first kappa shape index (κ1) is 16.0. The Morgan fingerprint density at radius 2 is 2.09 bits per heavy atom. The summed E-state index contributed by atoms with van der Waals surface area (Å²) in [5, 5.41) is 13.2. The topological polar surface area (TPSA) is 67.4 Å². The van der Waals surface area contributed by atoms with Gasteiger partial charge in [-0.05, 0) is 65.2 Å². The van der Waals surface area contributed by atoms with Gasteiger partial charge in [0.2, 0.25) is 0 Å². The highest BCUT2D eigenvalue weighted by Gasteiger charge is 2.09. The third kappa shape index (κ3) is 3.10. The Morgan fingerprint density at radius 3 is 2.68 bits per heavy atom. The van der Waals surface area contributed by atoms with Gasteiger partial charge in [-0.1, -0.05) is 0 Å². The Bertz CT molecular complexity index is 848. The van der Waals surface area contributed by atoms with Gasteiger partial charge in [0.15, 0.2) is 0 Å². The molecule has 0 spiro atoms. The fraction of sp³-hybridized carbons (Fsp3) is 0.188. The lowest BCUT2D eigenvalue weighted by atomic mass is 10.1. The van der Waals surface area contributed by atoms with Crippen LogP contribution in [0.3, 0.4) is 0 Å². The number of pyridine rings is 1. The molecule has 0 amide bonds. The molecule has 1 heterocycles. The number of aryl methyl sites for hydroxylation is 2. The molecule has 0 bridgehead atoms. The molecule has 0 atom stereocenters. The van der Waals surface area contributed by atoms with Crippen LogP contribution < -0.4 is 10.3 Å². The van der Waals surface area contributed by atoms with E-state index in [4.69, 9.17) is 10.00 Å². The summed E-state index contributed by atoms with van der Waals surface area (Å²) in [7, 11) is 1.59. The first-order valence-corrected chi connectivity index (χ1v) is 7.28. The van der Waals surface area contributed by atoms with Gasteiger partial charge in [0.05, 0.1) is 17.8 Å². The van der Waals surface area contributed by atoms with E-state index in [1.54, 1.807) is 39.3 Å². The van der Waals surface area contributed by atoms with Crippen molar-refractivity contribution in [3.63, 3.8) is 0 Å². The highest BCUT2D eigenvalue weighted by molar-refractivity contribution is 9.10. The summed E-state index contributed by atoms with van der Waals surface area (Å²) in [5.74, 6) is 0.715. The second-order valence-electron chi connectivity index (χ2n) is 4.71. The second-order valence-corrected chi connectivity index (χ2v) is 5.57. The number of nitrogens with zero attached hydrogens (tertiary/aromatic N) is 3. The number of methoxy groups -OCH3 is 1. The number of hydrogen-bond donors (Lipinski definition) is 0. The SMILES string of the molecule is COc1ccc(/C=N\n2c(C)cc(C)c(C#N)c2=O)cc1Br. The van der Waals surface area contributed by atoms with Crippen LogP contribution in [0.5, 0.6) is 5.75 Å². The van der Waals surface area contributed by atoms with E-state index in [0.717, 1.165) is 10.0 Å². The molecule has 0 saturated heterocycles. The first-order chi connectivity index (χ1) is 10.5. The average molecular weight is 360 g/mol. The van der Waals surface area contributed by atoms with Gasteiger partial charge >= 0.3 is 0 Å². The fourth-order valence-electron chi connectivity index (χ4n) is 2.05. The van der Waals surface area contributed by atoms with Crippen LogP contribution in [0, 0.1) is 25.2 Å². The molecular weight excluding hydrogens is 346 g/mol. The van der Waals surface area contributed by atoms with E-state index in [2.05, 4.69) is 21.0 Å². The lowest BCUT2D eigenvalue weighted by molar-refractivity contribution is 0.412. The molecule has 1 aromatic carbocycles. The van der Waals surface area contributed by atoms with Crippen molar-refractivity contribution in [3.05, 3.63) is 61.5 Å². The predicted octanol–water partition coefficient (Wildman–Crippen LogP) is 2.99. The van der Waals surface area contributed by atoms with Crippen molar-refractivity contribution in [3.8, 4) is 11.8 Å². The summed E-state index contributed by atoms with van der Waals surface area (Å²) in [6.45, 7) is 3.51. The molecule has 2 rings (SSSR count). The Hall–Kier alpha value is -2.39. The fourth-order valence-corrected chi connectivity index (χ4v) is 2.61. The van der Waals surface area contributed by atoms with E-state index in [1.807, 2.05) is 18.2 Å². The van der Waals surface area contributed by atoms with E-state index in [-0.39, 0.29) is 5.56 Å². The van der Waals surface area contributed by atoms with Crippen molar-refractivity contribution in [2.75, 3.05) is 7.11 Å². The van der Waals surface area contributed by atoms with Gasteiger partial charge in [0.1, 0.15) is 17.4 Å². The molecule has 1 aromatic heterocycles. The molecule has 2 aromatic rings. The normalized spacial score (nSPS) is 10.7. The van der Waals surface area contributed by atoms with Gasteiger partial charge in [-0.2, -0.15) is 10.4 Å². The highest BCUT2D eigenvalue weighted by Crippen LogP contribution is 2.24. The molecule has 0 fully saturated rings. The molecule has 6 heteroatoms. The standard InChI is InChI=1S/C16H14BrN3O2/c1-10-6-11(2)20(16(21)13(10)8-18)19-9-12-4-5-15(22-3)14(17)7-12/h4-7,9H,1-3H3/b19-9-. The van der Waals surface area contributed by atoms with E-state index in [0.29, 0.717) is 17.0 Å². The Balaban J connectivity index is 2.45. The number of hydrogen-bond acceptors (Lipinski definition) is 4. The maximum Gasteiger partial charge on any atom is 0.289 e. The van der Waals surface area contributed by atoms with Crippen molar-refractivity contribution in [2.24, 2.45) is 5.10 Å². The van der Waals surface area contributed by atoms with Gasteiger partial charge in [-0.15, -0.1) is 0 Å². The van der Waals surface area contributed by atoms with Crippen molar-refractivity contribution in [1.29, 1.82) is 5.26 Å². The molecule has 112 valence electrons. The third-order valence-electron chi connectivity index (χ3n) is 3.17.